The molecule has 0 aliphatic heterocycles. The van der Waals surface area contributed by atoms with Crippen molar-refractivity contribution in [1.29, 1.82) is 5.26 Å². The average molecular weight is 391 g/mol. The number of aromatic nitrogens is 5. The Morgan fingerprint density at radius 3 is 2.79 bits per heavy atom. The topological polar surface area (TPSA) is 141 Å². The highest BCUT2D eigenvalue weighted by Crippen LogP contribution is 2.33. The molecule has 2 N–H and O–H groups in total. The summed E-state index contributed by atoms with van der Waals surface area (Å²) in [5, 5.41) is 21.6. The summed E-state index contributed by atoms with van der Waals surface area (Å²) in [5.41, 5.74) is 8.14. The molecular weight excluding hydrogens is 378 g/mol. The summed E-state index contributed by atoms with van der Waals surface area (Å²) in [7, 11) is 0. The third-order valence-corrected chi connectivity index (χ3v) is 4.68. The normalized spacial score (nSPS) is 10.7. The summed E-state index contributed by atoms with van der Waals surface area (Å²) in [6, 6.07) is 11.6. The zero-order chi connectivity index (χ0) is 19.5. The van der Waals surface area contributed by atoms with Crippen LogP contribution in [0.4, 0.5) is 5.82 Å². The first-order chi connectivity index (χ1) is 13.7. The van der Waals surface area contributed by atoms with Crippen molar-refractivity contribution in [2.24, 2.45) is 0 Å². The minimum absolute atomic E-state index is 0.138. The van der Waals surface area contributed by atoms with Crippen molar-refractivity contribution in [2.75, 3.05) is 5.73 Å². The van der Waals surface area contributed by atoms with Gasteiger partial charge in [-0.3, -0.25) is 0 Å². The molecule has 9 nitrogen and oxygen atoms in total. The van der Waals surface area contributed by atoms with Gasteiger partial charge in [-0.2, -0.15) is 5.26 Å². The van der Waals surface area contributed by atoms with Crippen LogP contribution >= 0.6 is 11.8 Å². The lowest BCUT2D eigenvalue weighted by Gasteiger charge is -2.00. The molecule has 138 valence electrons. The first-order valence-electron chi connectivity index (χ1n) is 8.15. The average Bonchev–Trinajstić information content (AvgIpc) is 3.33. The molecule has 0 spiro atoms. The van der Waals surface area contributed by atoms with Crippen molar-refractivity contribution in [2.45, 2.75) is 17.8 Å². The van der Waals surface area contributed by atoms with E-state index in [0.29, 0.717) is 39.7 Å². The van der Waals surface area contributed by atoms with E-state index in [9.17, 15) is 0 Å². The van der Waals surface area contributed by atoms with E-state index in [4.69, 9.17) is 19.9 Å². The fourth-order valence-electron chi connectivity index (χ4n) is 2.49. The van der Waals surface area contributed by atoms with Crippen LogP contribution in [0.5, 0.6) is 0 Å². The molecule has 0 saturated carbocycles. The quantitative estimate of drug-likeness (QED) is 0.398. The van der Waals surface area contributed by atoms with Gasteiger partial charge in [-0.25, -0.2) is 9.97 Å². The molecule has 3 aromatic heterocycles. The van der Waals surface area contributed by atoms with E-state index in [1.165, 1.54) is 18.0 Å². The van der Waals surface area contributed by atoms with Crippen LogP contribution in [-0.2, 0) is 5.75 Å². The van der Waals surface area contributed by atoms with E-state index in [-0.39, 0.29) is 11.4 Å². The molecule has 0 radical (unpaired) electrons. The van der Waals surface area contributed by atoms with Gasteiger partial charge >= 0.3 is 0 Å². The van der Waals surface area contributed by atoms with Gasteiger partial charge in [0.05, 0.1) is 11.9 Å². The van der Waals surface area contributed by atoms with Crippen LogP contribution in [0.25, 0.3) is 22.7 Å². The molecule has 4 aromatic rings. The Balaban J connectivity index is 1.55. The van der Waals surface area contributed by atoms with E-state index in [2.05, 4.69) is 25.3 Å². The van der Waals surface area contributed by atoms with Gasteiger partial charge in [-0.15, -0.1) is 10.2 Å². The minimum Gasteiger partial charge on any atom is -0.420 e. The van der Waals surface area contributed by atoms with Gasteiger partial charge in [-0.05, 0) is 6.92 Å². The third-order valence-electron chi connectivity index (χ3n) is 3.83. The van der Waals surface area contributed by atoms with E-state index in [1.807, 2.05) is 36.4 Å². The Labute approximate surface area is 163 Å². The van der Waals surface area contributed by atoms with Gasteiger partial charge in [0.15, 0.2) is 5.16 Å². The van der Waals surface area contributed by atoms with Gasteiger partial charge < -0.3 is 14.7 Å². The van der Waals surface area contributed by atoms with E-state index in [0.717, 1.165) is 5.56 Å². The molecule has 3 heterocycles. The minimum atomic E-state index is 0.138. The van der Waals surface area contributed by atoms with Gasteiger partial charge in [0.2, 0.25) is 5.89 Å². The maximum Gasteiger partial charge on any atom is 0.253 e. The highest BCUT2D eigenvalue weighted by Gasteiger charge is 2.22. The standard InChI is InChI=1S/C18H13N7O2S/c1-10-14(15(25-27-10)11-5-3-2-4-6-11)17-24-23-13(26-17)9-28-18-21-8-12(7-19)16(20)22-18/h2-6,8H,9H2,1H3,(H2,20,21,22). The molecule has 1 aromatic carbocycles. The van der Waals surface area contributed by atoms with Crippen LogP contribution in [0, 0.1) is 18.3 Å². The second-order valence-electron chi connectivity index (χ2n) is 5.68. The summed E-state index contributed by atoms with van der Waals surface area (Å²) in [6.45, 7) is 1.79. The number of hydrogen-bond donors (Lipinski definition) is 1. The fraction of sp³-hybridized carbons (Fsp3) is 0.111. The number of nitriles is 1. The summed E-state index contributed by atoms with van der Waals surface area (Å²) >= 11 is 1.28. The third kappa shape index (κ3) is 3.43. The van der Waals surface area contributed by atoms with Crippen molar-refractivity contribution in [3.8, 4) is 28.8 Å². The van der Waals surface area contributed by atoms with Crippen molar-refractivity contribution in [3.05, 3.63) is 53.7 Å². The lowest BCUT2D eigenvalue weighted by molar-refractivity contribution is 0.399. The number of thioether (sulfide) groups is 1. The molecule has 0 amide bonds. The monoisotopic (exact) mass is 391 g/mol. The maximum atomic E-state index is 8.87. The zero-order valence-corrected chi connectivity index (χ0v) is 15.5. The largest absolute Gasteiger partial charge is 0.420 e. The van der Waals surface area contributed by atoms with Gasteiger partial charge in [0.1, 0.15) is 34.5 Å². The number of hydrogen-bond acceptors (Lipinski definition) is 10. The SMILES string of the molecule is Cc1onc(-c2ccccc2)c1-c1nnc(CSc2ncc(C#N)c(N)n2)o1. The van der Waals surface area contributed by atoms with Gasteiger partial charge in [0, 0.05) is 5.56 Å². The van der Waals surface area contributed by atoms with E-state index < -0.39 is 0 Å². The first kappa shape index (κ1) is 17.7. The Kier molecular flexibility index (Phi) is 4.74. The van der Waals surface area contributed by atoms with Gasteiger partial charge in [-0.1, -0.05) is 47.3 Å². The second-order valence-corrected chi connectivity index (χ2v) is 6.62. The summed E-state index contributed by atoms with van der Waals surface area (Å²) in [4.78, 5) is 8.16. The van der Waals surface area contributed by atoms with Crippen LogP contribution in [0.3, 0.4) is 0 Å². The molecular formula is C18H13N7O2S. The predicted octanol–water partition coefficient (Wildman–Crippen LogP) is 3.24. The number of nitrogens with two attached hydrogens (primary N) is 1. The summed E-state index contributed by atoms with van der Waals surface area (Å²) in [6.07, 6.45) is 1.39. The second kappa shape index (κ2) is 7.50. The molecule has 0 aliphatic rings. The van der Waals surface area contributed by atoms with Crippen molar-refractivity contribution >= 4 is 17.6 Å². The molecule has 10 heteroatoms. The molecule has 28 heavy (non-hydrogen) atoms. The highest BCUT2D eigenvalue weighted by atomic mass is 32.2. The van der Waals surface area contributed by atoms with Crippen LogP contribution in [0.15, 0.2) is 50.6 Å². The summed E-state index contributed by atoms with van der Waals surface area (Å²) in [5.74, 6) is 1.80. The number of nitrogen functional groups attached to an aromatic ring is 1. The number of anilines is 1. The van der Waals surface area contributed by atoms with Crippen molar-refractivity contribution in [1.82, 2.24) is 25.3 Å². The maximum absolute atomic E-state index is 8.87. The number of benzene rings is 1. The number of aryl methyl sites for hydroxylation is 1. The smallest absolute Gasteiger partial charge is 0.253 e. The Morgan fingerprint density at radius 2 is 2.04 bits per heavy atom. The lowest BCUT2D eigenvalue weighted by Crippen LogP contribution is -1.98. The van der Waals surface area contributed by atoms with E-state index in [1.54, 1.807) is 6.92 Å². The Morgan fingerprint density at radius 1 is 1.21 bits per heavy atom. The van der Waals surface area contributed by atoms with Crippen LogP contribution in [0.2, 0.25) is 0 Å². The first-order valence-corrected chi connectivity index (χ1v) is 9.14. The molecule has 0 atom stereocenters. The molecule has 0 unspecified atom stereocenters. The fourth-order valence-corrected chi connectivity index (χ4v) is 3.15. The molecule has 0 bridgehead atoms. The number of nitrogens with zero attached hydrogens (tertiary/aromatic N) is 6. The lowest BCUT2D eigenvalue weighted by atomic mass is 10.1. The van der Waals surface area contributed by atoms with Gasteiger partial charge in [0.25, 0.3) is 5.89 Å². The van der Waals surface area contributed by atoms with Crippen LogP contribution < -0.4 is 5.73 Å². The zero-order valence-electron chi connectivity index (χ0n) is 14.7. The molecule has 0 fully saturated rings. The number of rotatable bonds is 5. The molecule has 0 saturated heterocycles. The van der Waals surface area contributed by atoms with Crippen LogP contribution in [0.1, 0.15) is 17.2 Å². The molecule has 0 aliphatic carbocycles. The van der Waals surface area contributed by atoms with Crippen molar-refractivity contribution in [3.63, 3.8) is 0 Å². The van der Waals surface area contributed by atoms with Crippen LogP contribution in [-0.4, -0.2) is 25.3 Å². The highest BCUT2D eigenvalue weighted by molar-refractivity contribution is 7.98. The molecule has 4 rings (SSSR count). The Hall–Kier alpha value is -3.71. The predicted molar refractivity (Wildman–Crippen MR) is 101 cm³/mol. The van der Waals surface area contributed by atoms with Crippen molar-refractivity contribution < 1.29 is 8.94 Å². The van der Waals surface area contributed by atoms with E-state index >= 15 is 0 Å². The Bertz CT molecular complexity index is 1160. The summed E-state index contributed by atoms with van der Waals surface area (Å²) < 4.78 is 11.1.